The smallest absolute Gasteiger partial charge is 0.197 e. The van der Waals surface area contributed by atoms with Crippen molar-refractivity contribution >= 4 is 42.8 Å². The molecule has 0 aliphatic heterocycles. The summed E-state index contributed by atoms with van der Waals surface area (Å²) in [6.07, 6.45) is 1.79. The lowest BCUT2D eigenvalue weighted by molar-refractivity contribution is 1.16. The second-order valence-corrected chi connectivity index (χ2v) is 3.97. The van der Waals surface area contributed by atoms with Gasteiger partial charge in [0, 0.05) is 16.1 Å². The highest BCUT2D eigenvalue weighted by Gasteiger charge is 1.96. The summed E-state index contributed by atoms with van der Waals surface area (Å²) in [5.74, 6) is 0. The van der Waals surface area contributed by atoms with E-state index in [2.05, 4.69) is 41.8 Å². The van der Waals surface area contributed by atoms with Crippen molar-refractivity contribution in [3.63, 3.8) is 0 Å². The maximum atomic E-state index is 4.21. The summed E-state index contributed by atoms with van der Waals surface area (Å²) in [5, 5.41) is 1.04. The van der Waals surface area contributed by atoms with Crippen molar-refractivity contribution in [1.82, 2.24) is 9.97 Å². The van der Waals surface area contributed by atoms with Gasteiger partial charge in [-0.05, 0) is 28.1 Å². The van der Waals surface area contributed by atoms with E-state index in [1.165, 1.54) is 0 Å². The molecule has 0 saturated heterocycles. The van der Waals surface area contributed by atoms with Crippen LogP contribution in [0.5, 0.6) is 0 Å². The molecule has 0 bridgehead atoms. The minimum Gasteiger partial charge on any atom is -0.230 e. The van der Waals surface area contributed by atoms with Crippen LogP contribution in [-0.2, 0) is 0 Å². The van der Waals surface area contributed by atoms with Gasteiger partial charge in [-0.3, -0.25) is 0 Å². The molecule has 0 saturated carbocycles. The molecule has 0 fully saturated rings. The van der Waals surface area contributed by atoms with Gasteiger partial charge in [0.05, 0.1) is 5.52 Å². The zero-order valence-corrected chi connectivity index (χ0v) is 9.13. The van der Waals surface area contributed by atoms with Crippen LogP contribution in [0.4, 0.5) is 0 Å². The fourth-order valence-corrected chi connectivity index (χ4v) is 1.62. The number of halogens is 2. The number of hydrogen-bond acceptors (Lipinski definition) is 2. The Morgan fingerprint density at radius 3 is 2.83 bits per heavy atom. The molecular formula is C8H4Br2N2. The first kappa shape index (κ1) is 8.13. The van der Waals surface area contributed by atoms with Crippen LogP contribution in [0.15, 0.2) is 33.6 Å². The van der Waals surface area contributed by atoms with Gasteiger partial charge in [-0.2, -0.15) is 0 Å². The highest BCUT2D eigenvalue weighted by Crippen LogP contribution is 2.18. The molecule has 1 heterocycles. The van der Waals surface area contributed by atoms with Gasteiger partial charge in [-0.15, -0.1) is 0 Å². The van der Waals surface area contributed by atoms with Crippen LogP contribution in [0.1, 0.15) is 0 Å². The van der Waals surface area contributed by atoms with E-state index >= 15 is 0 Å². The fourth-order valence-electron chi connectivity index (χ4n) is 0.974. The highest BCUT2D eigenvalue weighted by atomic mass is 79.9. The summed E-state index contributed by atoms with van der Waals surface area (Å²) in [4.78, 5) is 8.24. The molecule has 0 N–H and O–H groups in total. The summed E-state index contributed by atoms with van der Waals surface area (Å²) >= 11 is 6.60. The first-order chi connectivity index (χ1) is 5.75. The quantitative estimate of drug-likeness (QED) is 0.696. The molecule has 2 rings (SSSR count). The average molecular weight is 288 g/mol. The molecule has 0 radical (unpaired) electrons. The maximum absolute atomic E-state index is 4.21. The van der Waals surface area contributed by atoms with E-state index < -0.39 is 0 Å². The zero-order chi connectivity index (χ0) is 8.55. The number of hydrogen-bond donors (Lipinski definition) is 0. The van der Waals surface area contributed by atoms with E-state index in [1.807, 2.05) is 18.2 Å². The lowest BCUT2D eigenvalue weighted by Gasteiger charge is -1.96. The number of nitrogens with zero attached hydrogens (tertiary/aromatic N) is 2. The number of benzene rings is 1. The Labute approximate surface area is 86.3 Å². The first-order valence-electron chi connectivity index (χ1n) is 3.33. The van der Waals surface area contributed by atoms with Crippen LogP contribution in [-0.4, -0.2) is 9.97 Å². The predicted octanol–water partition coefficient (Wildman–Crippen LogP) is 3.15. The second kappa shape index (κ2) is 3.11. The molecule has 0 amide bonds. The van der Waals surface area contributed by atoms with Gasteiger partial charge in [-0.1, -0.05) is 22.0 Å². The van der Waals surface area contributed by atoms with E-state index in [1.54, 1.807) is 6.20 Å². The third-order valence-electron chi connectivity index (χ3n) is 1.52. The van der Waals surface area contributed by atoms with Crippen LogP contribution >= 0.6 is 31.9 Å². The molecule has 0 aliphatic rings. The van der Waals surface area contributed by atoms with Crippen LogP contribution in [0, 0.1) is 0 Å². The maximum Gasteiger partial charge on any atom is 0.197 e. The zero-order valence-electron chi connectivity index (χ0n) is 5.96. The normalized spacial score (nSPS) is 10.5. The highest BCUT2D eigenvalue weighted by molar-refractivity contribution is 9.10. The van der Waals surface area contributed by atoms with Crippen LogP contribution in [0.2, 0.25) is 0 Å². The molecule has 2 nitrogen and oxygen atoms in total. The summed E-state index contributed by atoms with van der Waals surface area (Å²) in [7, 11) is 0. The molecule has 0 atom stereocenters. The van der Waals surface area contributed by atoms with Crippen molar-refractivity contribution in [3.05, 3.63) is 33.6 Å². The van der Waals surface area contributed by atoms with Gasteiger partial charge in [0.1, 0.15) is 0 Å². The van der Waals surface area contributed by atoms with Crippen molar-refractivity contribution in [2.24, 2.45) is 0 Å². The predicted molar refractivity (Wildman–Crippen MR) is 54.9 cm³/mol. The molecule has 0 unspecified atom stereocenters. The van der Waals surface area contributed by atoms with Crippen molar-refractivity contribution < 1.29 is 0 Å². The summed E-state index contributed by atoms with van der Waals surface area (Å²) in [6, 6.07) is 5.91. The molecule has 0 aliphatic carbocycles. The molecule has 12 heavy (non-hydrogen) atoms. The molecule has 0 spiro atoms. The molecule has 4 heteroatoms. The Kier molecular flexibility index (Phi) is 2.11. The Balaban J connectivity index is 2.80. The number of rotatable bonds is 0. The monoisotopic (exact) mass is 286 g/mol. The van der Waals surface area contributed by atoms with Crippen LogP contribution in [0.3, 0.4) is 0 Å². The van der Waals surface area contributed by atoms with Gasteiger partial charge < -0.3 is 0 Å². The fraction of sp³-hybridized carbons (Fsp3) is 0. The summed E-state index contributed by atoms with van der Waals surface area (Å²) in [6.45, 7) is 0. The largest absolute Gasteiger partial charge is 0.230 e. The van der Waals surface area contributed by atoms with E-state index in [4.69, 9.17) is 0 Å². The van der Waals surface area contributed by atoms with Crippen molar-refractivity contribution in [1.29, 1.82) is 0 Å². The summed E-state index contributed by atoms with van der Waals surface area (Å²) in [5.41, 5.74) is 0.936. The molecule has 1 aromatic carbocycles. The van der Waals surface area contributed by atoms with Crippen molar-refractivity contribution in [2.45, 2.75) is 0 Å². The number of aromatic nitrogens is 2. The minimum atomic E-state index is 0.619. The molecule has 2 aromatic rings. The third-order valence-corrected chi connectivity index (χ3v) is 2.39. The van der Waals surface area contributed by atoms with Crippen LogP contribution < -0.4 is 0 Å². The second-order valence-electron chi connectivity index (χ2n) is 2.34. The van der Waals surface area contributed by atoms with E-state index in [-0.39, 0.29) is 0 Å². The van der Waals surface area contributed by atoms with E-state index in [0.717, 1.165) is 15.4 Å². The Hall–Kier alpha value is -0.480. The minimum absolute atomic E-state index is 0.619. The summed E-state index contributed by atoms with van der Waals surface area (Å²) < 4.78 is 1.65. The lowest BCUT2D eigenvalue weighted by atomic mass is 10.2. The molecule has 1 aromatic heterocycles. The average Bonchev–Trinajstić information content (AvgIpc) is 2.03. The topological polar surface area (TPSA) is 25.8 Å². The van der Waals surface area contributed by atoms with Crippen LogP contribution in [0.25, 0.3) is 10.9 Å². The van der Waals surface area contributed by atoms with Gasteiger partial charge in [0.25, 0.3) is 0 Å². The number of fused-ring (bicyclic) bond motifs is 1. The first-order valence-corrected chi connectivity index (χ1v) is 4.92. The van der Waals surface area contributed by atoms with Crippen molar-refractivity contribution in [2.75, 3.05) is 0 Å². The Bertz CT molecular complexity index is 392. The standard InChI is InChI=1S/C8H4Br2N2/c9-6-2-1-5-4-11-8(10)12-7(5)3-6/h1-4H. The van der Waals surface area contributed by atoms with Crippen molar-refractivity contribution in [3.8, 4) is 0 Å². The van der Waals surface area contributed by atoms with Gasteiger partial charge in [0.2, 0.25) is 0 Å². The van der Waals surface area contributed by atoms with Gasteiger partial charge in [0.15, 0.2) is 4.73 Å². The van der Waals surface area contributed by atoms with Gasteiger partial charge in [-0.25, -0.2) is 9.97 Å². The Morgan fingerprint density at radius 1 is 1.17 bits per heavy atom. The molecule has 60 valence electrons. The third kappa shape index (κ3) is 1.49. The Morgan fingerprint density at radius 2 is 2.00 bits per heavy atom. The molecular weight excluding hydrogens is 284 g/mol. The van der Waals surface area contributed by atoms with Gasteiger partial charge >= 0.3 is 0 Å². The van der Waals surface area contributed by atoms with E-state index in [0.29, 0.717) is 4.73 Å². The SMILES string of the molecule is Brc1ccc2cnc(Br)nc2c1. The van der Waals surface area contributed by atoms with E-state index in [9.17, 15) is 0 Å². The lowest BCUT2D eigenvalue weighted by Crippen LogP contribution is -1.83.